The van der Waals surface area contributed by atoms with Crippen LogP contribution < -0.4 is 0 Å². The van der Waals surface area contributed by atoms with Gasteiger partial charge in [0.2, 0.25) is 0 Å². The van der Waals surface area contributed by atoms with Crippen LogP contribution in [0.15, 0.2) is 12.2 Å². The standard InChI is InChI=1S/C12H22O/c1-10-6-9-12(4,13)8-5-7-11(10,2)3/h13H,1,5-9H2,2-4H3. The van der Waals surface area contributed by atoms with Crippen molar-refractivity contribution in [2.24, 2.45) is 5.41 Å². The van der Waals surface area contributed by atoms with E-state index in [4.69, 9.17) is 0 Å². The molecule has 0 spiro atoms. The highest BCUT2D eigenvalue weighted by atomic mass is 16.3. The van der Waals surface area contributed by atoms with Gasteiger partial charge >= 0.3 is 0 Å². The molecule has 0 aliphatic heterocycles. The highest BCUT2D eigenvalue weighted by Crippen LogP contribution is 2.39. The van der Waals surface area contributed by atoms with E-state index in [-0.39, 0.29) is 5.41 Å². The highest BCUT2D eigenvalue weighted by molar-refractivity contribution is 5.08. The molecule has 1 fully saturated rings. The fraction of sp³-hybridized carbons (Fsp3) is 0.833. The second-order valence-electron chi connectivity index (χ2n) is 5.34. The molecule has 0 radical (unpaired) electrons. The van der Waals surface area contributed by atoms with Crippen LogP contribution in [0.2, 0.25) is 0 Å². The Morgan fingerprint density at radius 2 is 1.77 bits per heavy atom. The zero-order valence-corrected chi connectivity index (χ0v) is 9.19. The van der Waals surface area contributed by atoms with E-state index in [1.165, 1.54) is 5.57 Å². The molecule has 0 saturated heterocycles. The smallest absolute Gasteiger partial charge is 0.0622 e. The number of allylic oxidation sites excluding steroid dienone is 1. The largest absolute Gasteiger partial charge is 0.390 e. The Hall–Kier alpha value is -0.300. The van der Waals surface area contributed by atoms with Crippen molar-refractivity contribution in [1.82, 2.24) is 0 Å². The molecule has 1 saturated carbocycles. The van der Waals surface area contributed by atoms with Crippen molar-refractivity contribution in [3.05, 3.63) is 12.2 Å². The summed E-state index contributed by atoms with van der Waals surface area (Å²) in [7, 11) is 0. The van der Waals surface area contributed by atoms with Crippen molar-refractivity contribution in [3.63, 3.8) is 0 Å². The molecule has 1 rings (SSSR count). The SMILES string of the molecule is C=C1CCC(C)(O)CCCC1(C)C. The van der Waals surface area contributed by atoms with Crippen LogP contribution in [0, 0.1) is 5.41 Å². The third-order valence-corrected chi connectivity index (χ3v) is 3.44. The number of hydrogen-bond acceptors (Lipinski definition) is 1. The first-order valence-electron chi connectivity index (χ1n) is 5.24. The lowest BCUT2D eigenvalue weighted by Gasteiger charge is -2.34. The third-order valence-electron chi connectivity index (χ3n) is 3.44. The van der Waals surface area contributed by atoms with Gasteiger partial charge in [0.25, 0.3) is 0 Å². The van der Waals surface area contributed by atoms with Gasteiger partial charge < -0.3 is 5.11 Å². The molecule has 1 atom stereocenters. The van der Waals surface area contributed by atoms with E-state index in [1.54, 1.807) is 0 Å². The lowest BCUT2D eigenvalue weighted by atomic mass is 9.73. The minimum Gasteiger partial charge on any atom is -0.390 e. The van der Waals surface area contributed by atoms with Gasteiger partial charge in [0, 0.05) is 0 Å². The lowest BCUT2D eigenvalue weighted by Crippen LogP contribution is -2.28. The van der Waals surface area contributed by atoms with Crippen LogP contribution in [0.4, 0.5) is 0 Å². The van der Waals surface area contributed by atoms with Gasteiger partial charge in [-0.05, 0) is 44.4 Å². The van der Waals surface area contributed by atoms with Crippen molar-refractivity contribution in [1.29, 1.82) is 0 Å². The van der Waals surface area contributed by atoms with Crippen LogP contribution in [0.25, 0.3) is 0 Å². The summed E-state index contributed by atoms with van der Waals surface area (Å²) in [6.07, 6.45) is 5.04. The normalized spacial score (nSPS) is 35.2. The Morgan fingerprint density at radius 3 is 2.38 bits per heavy atom. The highest BCUT2D eigenvalue weighted by Gasteiger charge is 2.29. The molecule has 1 unspecified atom stereocenters. The first-order valence-corrected chi connectivity index (χ1v) is 5.24. The lowest BCUT2D eigenvalue weighted by molar-refractivity contribution is 0.0314. The Balaban J connectivity index is 2.65. The summed E-state index contributed by atoms with van der Waals surface area (Å²) in [5.41, 5.74) is 1.11. The maximum atomic E-state index is 9.93. The Morgan fingerprint density at radius 1 is 1.15 bits per heavy atom. The molecular formula is C12H22O. The molecule has 0 heterocycles. The van der Waals surface area contributed by atoms with E-state index in [0.717, 1.165) is 32.1 Å². The van der Waals surface area contributed by atoms with Gasteiger partial charge in [-0.3, -0.25) is 0 Å². The molecule has 1 aliphatic carbocycles. The second kappa shape index (κ2) is 3.45. The number of aliphatic hydroxyl groups is 1. The first kappa shape index (κ1) is 10.8. The van der Waals surface area contributed by atoms with E-state index in [2.05, 4.69) is 20.4 Å². The molecule has 1 aliphatic rings. The molecule has 0 amide bonds. The molecule has 1 heteroatoms. The molecule has 0 aromatic heterocycles. The van der Waals surface area contributed by atoms with Crippen molar-refractivity contribution >= 4 is 0 Å². The summed E-state index contributed by atoms with van der Waals surface area (Å²) in [4.78, 5) is 0. The van der Waals surface area contributed by atoms with Gasteiger partial charge in [0.1, 0.15) is 0 Å². The van der Waals surface area contributed by atoms with E-state index < -0.39 is 5.60 Å². The van der Waals surface area contributed by atoms with Crippen molar-refractivity contribution in [3.8, 4) is 0 Å². The molecule has 0 bridgehead atoms. The molecule has 0 aromatic rings. The van der Waals surface area contributed by atoms with Crippen LogP contribution >= 0.6 is 0 Å². The van der Waals surface area contributed by atoms with Crippen LogP contribution in [-0.2, 0) is 0 Å². The van der Waals surface area contributed by atoms with Crippen LogP contribution in [0.1, 0.15) is 52.9 Å². The van der Waals surface area contributed by atoms with Gasteiger partial charge in [-0.1, -0.05) is 26.0 Å². The maximum absolute atomic E-state index is 9.93. The van der Waals surface area contributed by atoms with Gasteiger partial charge in [-0.25, -0.2) is 0 Å². The predicted molar refractivity (Wildman–Crippen MR) is 56.6 cm³/mol. The van der Waals surface area contributed by atoms with Crippen LogP contribution in [0.3, 0.4) is 0 Å². The fourth-order valence-electron chi connectivity index (χ4n) is 1.97. The van der Waals surface area contributed by atoms with Crippen molar-refractivity contribution in [2.45, 2.75) is 58.5 Å². The molecule has 0 aromatic carbocycles. The van der Waals surface area contributed by atoms with E-state index in [0.29, 0.717) is 0 Å². The number of hydrogen-bond donors (Lipinski definition) is 1. The summed E-state index contributed by atoms with van der Waals surface area (Å²) < 4.78 is 0. The second-order valence-corrected chi connectivity index (χ2v) is 5.34. The molecule has 1 nitrogen and oxygen atoms in total. The zero-order chi connectivity index (χ0) is 10.1. The molecule has 13 heavy (non-hydrogen) atoms. The third kappa shape index (κ3) is 2.84. The monoisotopic (exact) mass is 182 g/mol. The van der Waals surface area contributed by atoms with Gasteiger partial charge in [0.15, 0.2) is 0 Å². The fourth-order valence-corrected chi connectivity index (χ4v) is 1.97. The summed E-state index contributed by atoms with van der Waals surface area (Å²) in [5, 5.41) is 9.93. The van der Waals surface area contributed by atoms with Crippen molar-refractivity contribution in [2.75, 3.05) is 0 Å². The number of rotatable bonds is 0. The van der Waals surface area contributed by atoms with Crippen molar-refractivity contribution < 1.29 is 5.11 Å². The van der Waals surface area contributed by atoms with E-state index in [1.807, 2.05) is 6.92 Å². The quantitative estimate of drug-likeness (QED) is 0.570. The van der Waals surface area contributed by atoms with E-state index in [9.17, 15) is 5.11 Å². The average Bonchev–Trinajstić information content (AvgIpc) is 1.98. The molecule has 1 N–H and O–H groups in total. The summed E-state index contributed by atoms with van der Waals surface area (Å²) in [6, 6.07) is 0. The predicted octanol–water partition coefficient (Wildman–Crippen LogP) is 3.28. The molecular weight excluding hydrogens is 160 g/mol. The topological polar surface area (TPSA) is 20.2 Å². The molecule has 76 valence electrons. The van der Waals surface area contributed by atoms with Gasteiger partial charge in [-0.15, -0.1) is 0 Å². The summed E-state index contributed by atoms with van der Waals surface area (Å²) in [6.45, 7) is 10.6. The minimum atomic E-state index is -0.459. The van der Waals surface area contributed by atoms with Gasteiger partial charge in [-0.2, -0.15) is 0 Å². The average molecular weight is 182 g/mol. The van der Waals surface area contributed by atoms with Gasteiger partial charge in [0.05, 0.1) is 5.60 Å². The maximum Gasteiger partial charge on any atom is 0.0622 e. The Kier molecular flexibility index (Phi) is 2.86. The zero-order valence-electron chi connectivity index (χ0n) is 9.19. The summed E-state index contributed by atoms with van der Waals surface area (Å²) >= 11 is 0. The minimum absolute atomic E-state index is 0.274. The van der Waals surface area contributed by atoms with Crippen LogP contribution in [0.5, 0.6) is 0 Å². The summed E-state index contributed by atoms with van der Waals surface area (Å²) in [5.74, 6) is 0. The van der Waals surface area contributed by atoms with E-state index >= 15 is 0 Å². The Bertz CT molecular complexity index is 201. The van der Waals surface area contributed by atoms with Crippen LogP contribution in [-0.4, -0.2) is 10.7 Å². The Labute approximate surface area is 81.9 Å². The first-order chi connectivity index (χ1) is 5.83.